The molecule has 82 valence electrons. The van der Waals surface area contributed by atoms with Gasteiger partial charge in [-0.3, -0.25) is 4.98 Å². The highest BCUT2D eigenvalue weighted by molar-refractivity contribution is 5.62. The first-order chi connectivity index (χ1) is 7.59. The van der Waals surface area contributed by atoms with E-state index in [1.54, 1.807) is 6.92 Å². The smallest absolute Gasteiger partial charge is 0.142 e. The second-order valence-electron chi connectivity index (χ2n) is 3.38. The lowest BCUT2D eigenvalue weighted by molar-refractivity contribution is 0.582. The first-order valence-corrected chi connectivity index (χ1v) is 4.62. The maximum Gasteiger partial charge on any atom is 0.142 e. The summed E-state index contributed by atoms with van der Waals surface area (Å²) in [6.07, 6.45) is 2.59. The van der Waals surface area contributed by atoms with Gasteiger partial charge in [-0.05, 0) is 18.6 Å². The topological polar surface area (TPSA) is 51.8 Å². The Hall–Kier alpha value is -2.04. The van der Waals surface area contributed by atoms with E-state index in [0.29, 0.717) is 5.56 Å². The van der Waals surface area contributed by atoms with Crippen molar-refractivity contribution in [2.75, 3.05) is 5.73 Å². The molecular weight excluding hydrogens is 212 g/mol. The SMILES string of the molecule is Cc1ccc(F)c(-c2cncc(N)n2)c1F. The first-order valence-electron chi connectivity index (χ1n) is 4.62. The highest BCUT2D eigenvalue weighted by Crippen LogP contribution is 2.26. The van der Waals surface area contributed by atoms with Crippen LogP contribution in [0.5, 0.6) is 0 Å². The zero-order valence-electron chi connectivity index (χ0n) is 8.54. The maximum atomic E-state index is 13.7. The molecule has 0 bridgehead atoms. The summed E-state index contributed by atoms with van der Waals surface area (Å²) in [6, 6.07) is 2.56. The van der Waals surface area contributed by atoms with Crippen molar-refractivity contribution in [3.05, 3.63) is 41.7 Å². The molecule has 3 nitrogen and oxygen atoms in total. The van der Waals surface area contributed by atoms with E-state index in [1.165, 1.54) is 24.5 Å². The summed E-state index contributed by atoms with van der Waals surface area (Å²) >= 11 is 0. The Kier molecular flexibility index (Phi) is 2.52. The average Bonchev–Trinajstić information content (AvgIpc) is 2.24. The molecule has 0 aliphatic rings. The Morgan fingerprint density at radius 1 is 1.19 bits per heavy atom. The van der Waals surface area contributed by atoms with Gasteiger partial charge in [-0.15, -0.1) is 0 Å². The number of aryl methyl sites for hydroxylation is 1. The Morgan fingerprint density at radius 2 is 1.94 bits per heavy atom. The minimum Gasteiger partial charge on any atom is -0.382 e. The van der Waals surface area contributed by atoms with Crippen LogP contribution in [0.15, 0.2) is 24.5 Å². The van der Waals surface area contributed by atoms with Crippen LogP contribution in [0, 0.1) is 18.6 Å². The van der Waals surface area contributed by atoms with Gasteiger partial charge in [0.25, 0.3) is 0 Å². The van der Waals surface area contributed by atoms with Gasteiger partial charge in [0.05, 0.1) is 23.7 Å². The molecule has 5 heteroatoms. The molecule has 1 aromatic carbocycles. The number of aromatic nitrogens is 2. The Bertz CT molecular complexity index is 541. The number of hydrogen-bond donors (Lipinski definition) is 1. The van der Waals surface area contributed by atoms with E-state index < -0.39 is 11.6 Å². The molecule has 0 unspecified atom stereocenters. The van der Waals surface area contributed by atoms with Crippen molar-refractivity contribution in [3.63, 3.8) is 0 Å². The predicted octanol–water partition coefficient (Wildman–Crippen LogP) is 2.31. The Labute approximate surface area is 91.0 Å². The van der Waals surface area contributed by atoms with Crippen molar-refractivity contribution >= 4 is 5.82 Å². The largest absolute Gasteiger partial charge is 0.382 e. The van der Waals surface area contributed by atoms with Crippen LogP contribution in [0.4, 0.5) is 14.6 Å². The molecule has 0 radical (unpaired) electrons. The molecule has 2 rings (SSSR count). The van der Waals surface area contributed by atoms with E-state index in [0.717, 1.165) is 0 Å². The fourth-order valence-corrected chi connectivity index (χ4v) is 1.39. The molecule has 0 saturated carbocycles. The van der Waals surface area contributed by atoms with Gasteiger partial charge in [-0.25, -0.2) is 13.8 Å². The van der Waals surface area contributed by atoms with Gasteiger partial charge in [0, 0.05) is 0 Å². The van der Waals surface area contributed by atoms with Crippen LogP contribution in [0.2, 0.25) is 0 Å². The van der Waals surface area contributed by atoms with Gasteiger partial charge < -0.3 is 5.73 Å². The fraction of sp³-hybridized carbons (Fsp3) is 0.0909. The van der Waals surface area contributed by atoms with Crippen molar-refractivity contribution in [2.45, 2.75) is 6.92 Å². The number of anilines is 1. The third kappa shape index (κ3) is 1.71. The van der Waals surface area contributed by atoms with E-state index in [2.05, 4.69) is 9.97 Å². The van der Waals surface area contributed by atoms with Crippen LogP contribution >= 0.6 is 0 Å². The predicted molar refractivity (Wildman–Crippen MR) is 56.5 cm³/mol. The zero-order valence-corrected chi connectivity index (χ0v) is 8.54. The summed E-state index contributed by atoms with van der Waals surface area (Å²) in [4.78, 5) is 7.59. The van der Waals surface area contributed by atoms with Crippen LogP contribution in [0.25, 0.3) is 11.3 Å². The second kappa shape index (κ2) is 3.84. The van der Waals surface area contributed by atoms with Crippen molar-refractivity contribution in [1.82, 2.24) is 9.97 Å². The third-order valence-corrected chi connectivity index (χ3v) is 2.19. The molecule has 2 N–H and O–H groups in total. The second-order valence-corrected chi connectivity index (χ2v) is 3.38. The zero-order chi connectivity index (χ0) is 11.7. The lowest BCUT2D eigenvalue weighted by atomic mass is 10.1. The van der Waals surface area contributed by atoms with Gasteiger partial charge in [0.2, 0.25) is 0 Å². The maximum absolute atomic E-state index is 13.7. The van der Waals surface area contributed by atoms with Gasteiger partial charge >= 0.3 is 0 Å². The summed E-state index contributed by atoms with van der Waals surface area (Å²) in [6.45, 7) is 1.55. The van der Waals surface area contributed by atoms with E-state index in [-0.39, 0.29) is 17.1 Å². The number of nitrogens with zero attached hydrogens (tertiary/aromatic N) is 2. The standard InChI is InChI=1S/C11H9F2N3/c1-6-2-3-7(12)10(11(6)13)8-4-15-5-9(14)16-8/h2-5H,1H3,(H2,14,16). The lowest BCUT2D eigenvalue weighted by Crippen LogP contribution is -1.98. The normalized spacial score (nSPS) is 10.4. The molecule has 0 aliphatic carbocycles. The summed E-state index contributed by atoms with van der Waals surface area (Å²) in [7, 11) is 0. The average molecular weight is 221 g/mol. The Balaban J connectivity index is 2.68. The molecule has 0 fully saturated rings. The van der Waals surface area contributed by atoms with E-state index in [9.17, 15) is 8.78 Å². The molecule has 16 heavy (non-hydrogen) atoms. The highest BCUT2D eigenvalue weighted by atomic mass is 19.1. The Morgan fingerprint density at radius 3 is 2.62 bits per heavy atom. The van der Waals surface area contributed by atoms with Gasteiger partial charge in [0.1, 0.15) is 17.5 Å². The van der Waals surface area contributed by atoms with E-state index >= 15 is 0 Å². The van der Waals surface area contributed by atoms with Crippen molar-refractivity contribution in [3.8, 4) is 11.3 Å². The van der Waals surface area contributed by atoms with Crippen LogP contribution in [-0.2, 0) is 0 Å². The summed E-state index contributed by atoms with van der Waals surface area (Å²) in [5.41, 5.74) is 5.66. The van der Waals surface area contributed by atoms with Crippen LogP contribution in [0.1, 0.15) is 5.56 Å². The van der Waals surface area contributed by atoms with Crippen molar-refractivity contribution < 1.29 is 8.78 Å². The van der Waals surface area contributed by atoms with Gasteiger partial charge in [-0.1, -0.05) is 6.07 Å². The number of nitrogen functional groups attached to an aromatic ring is 1. The lowest BCUT2D eigenvalue weighted by Gasteiger charge is -2.06. The van der Waals surface area contributed by atoms with Crippen LogP contribution < -0.4 is 5.73 Å². The first kappa shape index (κ1) is 10.5. The minimum atomic E-state index is -0.678. The molecule has 0 saturated heterocycles. The van der Waals surface area contributed by atoms with Crippen molar-refractivity contribution in [2.24, 2.45) is 0 Å². The third-order valence-electron chi connectivity index (χ3n) is 2.19. The molecule has 0 spiro atoms. The van der Waals surface area contributed by atoms with Gasteiger partial charge in [0.15, 0.2) is 0 Å². The van der Waals surface area contributed by atoms with Gasteiger partial charge in [-0.2, -0.15) is 0 Å². The minimum absolute atomic E-state index is 0.0960. The number of rotatable bonds is 1. The number of halogens is 2. The van der Waals surface area contributed by atoms with E-state index in [1.807, 2.05) is 0 Å². The number of benzene rings is 1. The molecule has 0 aliphatic heterocycles. The number of hydrogen-bond acceptors (Lipinski definition) is 3. The molecule has 0 amide bonds. The quantitative estimate of drug-likeness (QED) is 0.803. The molecule has 1 aromatic heterocycles. The number of nitrogens with two attached hydrogens (primary N) is 1. The van der Waals surface area contributed by atoms with Crippen LogP contribution in [-0.4, -0.2) is 9.97 Å². The molecule has 1 heterocycles. The summed E-state index contributed by atoms with van der Waals surface area (Å²) in [5.74, 6) is -1.19. The molecular formula is C11H9F2N3. The summed E-state index contributed by atoms with van der Waals surface area (Å²) < 4.78 is 27.2. The fourth-order valence-electron chi connectivity index (χ4n) is 1.39. The molecule has 2 aromatic rings. The van der Waals surface area contributed by atoms with Crippen LogP contribution in [0.3, 0.4) is 0 Å². The summed E-state index contributed by atoms with van der Waals surface area (Å²) in [5, 5.41) is 0. The van der Waals surface area contributed by atoms with Crippen molar-refractivity contribution in [1.29, 1.82) is 0 Å². The van der Waals surface area contributed by atoms with E-state index in [4.69, 9.17) is 5.73 Å². The monoisotopic (exact) mass is 221 g/mol. The molecule has 0 atom stereocenters. The highest BCUT2D eigenvalue weighted by Gasteiger charge is 2.15.